The molecule has 0 aromatic heterocycles. The Bertz CT molecular complexity index is 800. The smallest absolute Gasteiger partial charge is 0.318 e. The van der Waals surface area contributed by atoms with E-state index < -0.39 is 17.4 Å². The van der Waals surface area contributed by atoms with Crippen molar-refractivity contribution < 1.29 is 19.8 Å². The third-order valence-electron chi connectivity index (χ3n) is 6.73. The SMILES string of the molecule is CC(C)c1cc2c(c(O)c1O)[C@@]1(C(=O)NC(N)=O)CCCC(C)(C)[C@@H]1CC2. The Morgan fingerprint density at radius 2 is 1.89 bits per heavy atom. The van der Waals surface area contributed by atoms with Crippen molar-refractivity contribution in [1.29, 1.82) is 0 Å². The molecule has 2 aliphatic rings. The molecule has 2 atom stereocenters. The highest BCUT2D eigenvalue weighted by Gasteiger charge is 2.58. The lowest BCUT2D eigenvalue weighted by molar-refractivity contribution is -0.133. The molecular formula is C21H30N2O4. The van der Waals surface area contributed by atoms with Gasteiger partial charge in [-0.2, -0.15) is 0 Å². The van der Waals surface area contributed by atoms with Gasteiger partial charge in [0.25, 0.3) is 0 Å². The molecule has 1 saturated carbocycles. The average molecular weight is 374 g/mol. The predicted molar refractivity (Wildman–Crippen MR) is 103 cm³/mol. The summed E-state index contributed by atoms with van der Waals surface area (Å²) < 4.78 is 0. The number of rotatable bonds is 2. The minimum absolute atomic E-state index is 0.0390. The lowest BCUT2D eigenvalue weighted by Gasteiger charge is -2.54. The van der Waals surface area contributed by atoms with Gasteiger partial charge in [-0.25, -0.2) is 4.79 Å². The van der Waals surface area contributed by atoms with E-state index in [1.54, 1.807) is 0 Å². The Kier molecular flexibility index (Phi) is 4.65. The number of carbonyl (C=O) groups is 2. The van der Waals surface area contributed by atoms with E-state index in [1.807, 2.05) is 19.9 Å². The van der Waals surface area contributed by atoms with Gasteiger partial charge in [0.2, 0.25) is 5.91 Å². The molecule has 6 nitrogen and oxygen atoms in total. The molecule has 0 radical (unpaired) electrons. The predicted octanol–water partition coefficient (Wildman–Crippen LogP) is 3.43. The van der Waals surface area contributed by atoms with Gasteiger partial charge in [0.05, 0.1) is 5.41 Å². The van der Waals surface area contributed by atoms with E-state index in [-0.39, 0.29) is 28.7 Å². The molecule has 0 aliphatic heterocycles. The quantitative estimate of drug-likeness (QED) is 0.594. The molecule has 0 spiro atoms. The number of carbonyl (C=O) groups excluding carboxylic acids is 2. The number of primary amides is 1. The molecule has 3 rings (SSSR count). The molecule has 0 saturated heterocycles. The summed E-state index contributed by atoms with van der Waals surface area (Å²) in [5, 5.41) is 23.9. The van der Waals surface area contributed by atoms with Crippen LogP contribution in [0, 0.1) is 11.3 Å². The zero-order chi connectivity index (χ0) is 20.1. The van der Waals surface area contributed by atoms with Crippen LogP contribution in [0.25, 0.3) is 0 Å². The lowest BCUT2D eigenvalue weighted by Crippen LogP contribution is -2.59. The van der Waals surface area contributed by atoms with Crippen LogP contribution in [0.2, 0.25) is 0 Å². The van der Waals surface area contributed by atoms with Crippen LogP contribution in [0.1, 0.15) is 76.0 Å². The van der Waals surface area contributed by atoms with Crippen LogP contribution >= 0.6 is 0 Å². The van der Waals surface area contributed by atoms with Gasteiger partial charge in [-0.15, -0.1) is 0 Å². The highest BCUT2D eigenvalue weighted by molar-refractivity contribution is 6.01. The first-order chi connectivity index (χ1) is 12.5. The van der Waals surface area contributed by atoms with Crippen LogP contribution in [0.4, 0.5) is 4.79 Å². The molecule has 1 aromatic rings. The zero-order valence-corrected chi connectivity index (χ0v) is 16.6. The van der Waals surface area contributed by atoms with Crippen LogP contribution < -0.4 is 11.1 Å². The Hall–Kier alpha value is -2.24. The maximum atomic E-state index is 13.3. The monoisotopic (exact) mass is 374 g/mol. The van der Waals surface area contributed by atoms with Crippen molar-refractivity contribution >= 4 is 11.9 Å². The zero-order valence-electron chi connectivity index (χ0n) is 16.6. The highest BCUT2D eigenvalue weighted by atomic mass is 16.3. The molecule has 1 aromatic carbocycles. The van der Waals surface area contributed by atoms with E-state index in [9.17, 15) is 19.8 Å². The second kappa shape index (κ2) is 6.43. The third-order valence-corrected chi connectivity index (χ3v) is 6.73. The second-order valence-corrected chi connectivity index (χ2v) is 9.07. The number of hydrogen-bond donors (Lipinski definition) is 4. The number of phenolic OH excluding ortho intramolecular Hbond substituents is 2. The fourth-order valence-electron chi connectivity index (χ4n) is 5.55. The van der Waals surface area contributed by atoms with Gasteiger partial charge in [0.1, 0.15) is 0 Å². The first-order valence-corrected chi connectivity index (χ1v) is 9.71. The number of nitrogens with one attached hydrogen (secondary N) is 1. The number of nitrogens with two attached hydrogens (primary N) is 1. The molecule has 0 bridgehead atoms. The van der Waals surface area contributed by atoms with Gasteiger partial charge in [-0.05, 0) is 48.5 Å². The lowest BCUT2D eigenvalue weighted by atomic mass is 9.49. The number of imide groups is 1. The van der Waals surface area contributed by atoms with Gasteiger partial charge in [0.15, 0.2) is 11.5 Å². The number of aryl methyl sites for hydroxylation is 1. The van der Waals surface area contributed by atoms with E-state index in [1.165, 1.54) is 0 Å². The maximum Gasteiger partial charge on any atom is 0.318 e. The number of benzene rings is 1. The van der Waals surface area contributed by atoms with E-state index in [2.05, 4.69) is 19.2 Å². The van der Waals surface area contributed by atoms with E-state index >= 15 is 0 Å². The van der Waals surface area contributed by atoms with Crippen LogP contribution in [-0.2, 0) is 16.6 Å². The second-order valence-electron chi connectivity index (χ2n) is 9.07. The third kappa shape index (κ3) is 2.86. The summed E-state index contributed by atoms with van der Waals surface area (Å²) in [6.07, 6.45) is 3.79. The normalized spacial score (nSPS) is 26.2. The summed E-state index contributed by atoms with van der Waals surface area (Å²) >= 11 is 0. The van der Waals surface area contributed by atoms with Crippen LogP contribution in [0.15, 0.2) is 6.07 Å². The number of hydrogen-bond acceptors (Lipinski definition) is 4. The van der Waals surface area contributed by atoms with Crippen molar-refractivity contribution in [2.24, 2.45) is 17.1 Å². The van der Waals surface area contributed by atoms with E-state index in [4.69, 9.17) is 5.73 Å². The van der Waals surface area contributed by atoms with Crippen molar-refractivity contribution in [3.8, 4) is 11.5 Å². The summed E-state index contributed by atoms with van der Waals surface area (Å²) in [6, 6.07) is 1.01. The van der Waals surface area contributed by atoms with Gasteiger partial charge < -0.3 is 15.9 Å². The number of aromatic hydroxyl groups is 2. The van der Waals surface area contributed by atoms with Crippen molar-refractivity contribution in [3.63, 3.8) is 0 Å². The Morgan fingerprint density at radius 3 is 2.48 bits per heavy atom. The maximum absolute atomic E-state index is 13.3. The standard InChI is InChI=1S/C21H30N2O4/c1-11(2)13-10-12-6-7-14-20(3,4)8-5-9-21(14,18(26)23-19(22)27)15(12)17(25)16(13)24/h10-11,14,24-25H,5-9H2,1-4H3,(H3,22,23,26,27)/t14-,21+/m0/s1. The molecule has 0 heterocycles. The van der Waals surface area contributed by atoms with Crippen molar-refractivity contribution in [2.75, 3.05) is 0 Å². The molecule has 0 unspecified atom stereocenters. The van der Waals surface area contributed by atoms with Gasteiger partial charge >= 0.3 is 6.03 Å². The van der Waals surface area contributed by atoms with Crippen molar-refractivity contribution in [1.82, 2.24) is 5.32 Å². The molecule has 6 heteroatoms. The Labute approximate surface area is 160 Å². The van der Waals surface area contributed by atoms with Crippen molar-refractivity contribution in [2.45, 2.75) is 71.1 Å². The van der Waals surface area contributed by atoms with Crippen LogP contribution in [0.5, 0.6) is 11.5 Å². The first-order valence-electron chi connectivity index (χ1n) is 9.71. The van der Waals surface area contributed by atoms with Crippen LogP contribution in [0.3, 0.4) is 0 Å². The largest absolute Gasteiger partial charge is 0.504 e. The summed E-state index contributed by atoms with van der Waals surface area (Å²) in [5.41, 5.74) is 6.08. The molecule has 27 heavy (non-hydrogen) atoms. The number of amides is 3. The topological polar surface area (TPSA) is 113 Å². The average Bonchev–Trinajstić information content (AvgIpc) is 2.56. The summed E-state index contributed by atoms with van der Waals surface area (Å²) in [4.78, 5) is 24.8. The van der Waals surface area contributed by atoms with Gasteiger partial charge in [-0.1, -0.05) is 40.2 Å². The van der Waals surface area contributed by atoms with Crippen molar-refractivity contribution in [3.05, 3.63) is 22.8 Å². The van der Waals surface area contributed by atoms with Crippen LogP contribution in [-0.4, -0.2) is 22.2 Å². The minimum Gasteiger partial charge on any atom is -0.504 e. The number of phenols is 2. The molecule has 2 aliphatic carbocycles. The van der Waals surface area contributed by atoms with Gasteiger partial charge in [0, 0.05) is 11.1 Å². The highest BCUT2D eigenvalue weighted by Crippen LogP contribution is 2.60. The minimum atomic E-state index is -1.07. The fourth-order valence-corrected chi connectivity index (χ4v) is 5.55. The number of urea groups is 1. The molecule has 3 amide bonds. The van der Waals surface area contributed by atoms with E-state index in [0.29, 0.717) is 17.5 Å². The molecule has 1 fully saturated rings. The summed E-state index contributed by atoms with van der Waals surface area (Å²) in [5.74, 6) is -0.879. The van der Waals surface area contributed by atoms with E-state index in [0.717, 1.165) is 31.2 Å². The molecule has 5 N–H and O–H groups in total. The summed E-state index contributed by atoms with van der Waals surface area (Å²) in [7, 11) is 0. The van der Waals surface area contributed by atoms with Gasteiger partial charge in [-0.3, -0.25) is 10.1 Å². The number of fused-ring (bicyclic) bond motifs is 3. The Balaban J connectivity index is 2.30. The first kappa shape index (κ1) is 19.5. The molecule has 148 valence electrons. The fraction of sp³-hybridized carbons (Fsp3) is 0.619. The molecular weight excluding hydrogens is 344 g/mol. The summed E-state index contributed by atoms with van der Waals surface area (Å²) in [6.45, 7) is 8.17. The Morgan fingerprint density at radius 1 is 1.22 bits per heavy atom.